The van der Waals surface area contributed by atoms with Crippen LogP contribution >= 0.6 is 0 Å². The number of carbonyl (C=O) groups excluding carboxylic acids is 1. The lowest BCUT2D eigenvalue weighted by Crippen LogP contribution is -2.48. The van der Waals surface area contributed by atoms with Crippen molar-refractivity contribution in [2.75, 3.05) is 20.8 Å². The Kier molecular flexibility index (Phi) is 8.12. The Hall–Kier alpha value is -2.21. The molecular formula is C20H25NO4. The maximum atomic E-state index is 12.2. The normalized spacial score (nSPS) is 13.2. The van der Waals surface area contributed by atoms with Crippen molar-refractivity contribution in [1.82, 2.24) is 5.32 Å². The Labute approximate surface area is 148 Å². The van der Waals surface area contributed by atoms with Crippen LogP contribution in [0.4, 0.5) is 0 Å². The maximum Gasteiger partial charge on any atom is 0.323 e. The van der Waals surface area contributed by atoms with Gasteiger partial charge in [-0.2, -0.15) is 0 Å². The van der Waals surface area contributed by atoms with Gasteiger partial charge in [-0.25, -0.2) is 9.78 Å². The summed E-state index contributed by atoms with van der Waals surface area (Å²) in [5.41, 5.74) is 2.22. The van der Waals surface area contributed by atoms with Crippen LogP contribution in [0.15, 0.2) is 60.7 Å². The zero-order valence-electron chi connectivity index (χ0n) is 14.7. The van der Waals surface area contributed by atoms with E-state index >= 15 is 0 Å². The van der Waals surface area contributed by atoms with Gasteiger partial charge in [0, 0.05) is 6.04 Å². The molecule has 5 heteroatoms. The lowest BCUT2D eigenvalue weighted by Gasteiger charge is -2.24. The monoisotopic (exact) mass is 343 g/mol. The van der Waals surface area contributed by atoms with Crippen LogP contribution in [-0.2, 0) is 32.1 Å². The van der Waals surface area contributed by atoms with Crippen LogP contribution in [0.1, 0.15) is 11.1 Å². The SMILES string of the molecule is COOCC(Cc1ccccc1)NC(Cc1ccccc1)C(=O)OC. The summed E-state index contributed by atoms with van der Waals surface area (Å²) in [6.45, 7) is 0.327. The first-order chi connectivity index (χ1) is 12.2. The fourth-order valence-electron chi connectivity index (χ4n) is 2.70. The highest BCUT2D eigenvalue weighted by molar-refractivity contribution is 5.76. The molecule has 0 saturated carbocycles. The Morgan fingerprint density at radius 1 is 0.920 bits per heavy atom. The number of benzene rings is 2. The van der Waals surface area contributed by atoms with E-state index in [0.29, 0.717) is 19.4 Å². The van der Waals surface area contributed by atoms with Gasteiger partial charge < -0.3 is 4.74 Å². The molecule has 0 aliphatic carbocycles. The Bertz CT molecular complexity index is 618. The molecule has 0 radical (unpaired) electrons. The third-order valence-electron chi connectivity index (χ3n) is 3.92. The predicted octanol–water partition coefficient (Wildman–Crippen LogP) is 2.55. The number of hydrogen-bond acceptors (Lipinski definition) is 5. The molecule has 0 aromatic heterocycles. The van der Waals surface area contributed by atoms with Gasteiger partial charge in [-0.05, 0) is 24.0 Å². The average Bonchev–Trinajstić information content (AvgIpc) is 2.66. The van der Waals surface area contributed by atoms with Crippen LogP contribution in [0, 0.1) is 0 Å². The fourth-order valence-corrected chi connectivity index (χ4v) is 2.70. The van der Waals surface area contributed by atoms with Crippen LogP contribution in [0.25, 0.3) is 0 Å². The second-order valence-electron chi connectivity index (χ2n) is 5.77. The Morgan fingerprint density at radius 3 is 2.00 bits per heavy atom. The molecule has 0 aliphatic heterocycles. The first-order valence-corrected chi connectivity index (χ1v) is 8.30. The molecule has 0 spiro atoms. The molecule has 2 aromatic carbocycles. The minimum atomic E-state index is -0.457. The van der Waals surface area contributed by atoms with Gasteiger partial charge in [-0.1, -0.05) is 60.7 Å². The van der Waals surface area contributed by atoms with E-state index in [1.165, 1.54) is 14.2 Å². The van der Waals surface area contributed by atoms with E-state index in [0.717, 1.165) is 11.1 Å². The summed E-state index contributed by atoms with van der Waals surface area (Å²) in [7, 11) is 2.88. The van der Waals surface area contributed by atoms with Gasteiger partial charge in [-0.3, -0.25) is 10.1 Å². The Balaban J connectivity index is 2.08. The van der Waals surface area contributed by atoms with Crippen LogP contribution in [0.3, 0.4) is 0 Å². The second-order valence-corrected chi connectivity index (χ2v) is 5.77. The summed E-state index contributed by atoms with van der Waals surface area (Å²) in [4.78, 5) is 22.1. The minimum absolute atomic E-state index is 0.0878. The summed E-state index contributed by atoms with van der Waals surface area (Å²) in [6.07, 6.45) is 1.26. The quantitative estimate of drug-likeness (QED) is 0.408. The number of ether oxygens (including phenoxy) is 1. The van der Waals surface area contributed by atoms with Crippen LogP contribution in [-0.4, -0.2) is 38.9 Å². The molecule has 1 N–H and O–H groups in total. The molecule has 0 bridgehead atoms. The summed E-state index contributed by atoms with van der Waals surface area (Å²) >= 11 is 0. The molecular weight excluding hydrogens is 318 g/mol. The molecule has 2 rings (SSSR count). The van der Waals surface area contributed by atoms with Gasteiger partial charge >= 0.3 is 5.97 Å². The van der Waals surface area contributed by atoms with Gasteiger partial charge in [0.15, 0.2) is 0 Å². The van der Waals surface area contributed by atoms with E-state index in [1.54, 1.807) is 0 Å². The van der Waals surface area contributed by atoms with Crippen LogP contribution in [0.5, 0.6) is 0 Å². The third-order valence-corrected chi connectivity index (χ3v) is 3.92. The summed E-state index contributed by atoms with van der Waals surface area (Å²) in [5, 5.41) is 3.36. The van der Waals surface area contributed by atoms with Crippen molar-refractivity contribution in [2.24, 2.45) is 0 Å². The van der Waals surface area contributed by atoms with Crippen molar-refractivity contribution in [1.29, 1.82) is 0 Å². The lowest BCUT2D eigenvalue weighted by atomic mass is 10.0. The van der Waals surface area contributed by atoms with Gasteiger partial charge in [0.05, 0.1) is 20.8 Å². The summed E-state index contributed by atoms with van der Waals surface area (Å²) in [5.74, 6) is -0.292. The molecule has 0 aliphatic rings. The number of carbonyl (C=O) groups is 1. The average molecular weight is 343 g/mol. The van der Waals surface area contributed by atoms with E-state index in [1.807, 2.05) is 60.7 Å². The number of hydrogen-bond donors (Lipinski definition) is 1. The number of methoxy groups -OCH3 is 1. The Morgan fingerprint density at radius 2 is 1.48 bits per heavy atom. The van der Waals surface area contributed by atoms with Crippen LogP contribution < -0.4 is 5.32 Å². The molecule has 0 fully saturated rings. The van der Waals surface area contributed by atoms with E-state index < -0.39 is 6.04 Å². The third kappa shape index (κ3) is 6.66. The van der Waals surface area contributed by atoms with Crippen molar-refractivity contribution < 1.29 is 19.3 Å². The molecule has 2 atom stereocenters. The number of rotatable bonds is 10. The van der Waals surface area contributed by atoms with E-state index in [4.69, 9.17) is 14.5 Å². The predicted molar refractivity (Wildman–Crippen MR) is 96.0 cm³/mol. The van der Waals surface area contributed by atoms with E-state index in [2.05, 4.69) is 5.32 Å². The van der Waals surface area contributed by atoms with Crippen molar-refractivity contribution >= 4 is 5.97 Å². The largest absolute Gasteiger partial charge is 0.468 e. The highest BCUT2D eigenvalue weighted by atomic mass is 17.2. The van der Waals surface area contributed by atoms with Crippen molar-refractivity contribution in [3.63, 3.8) is 0 Å². The molecule has 2 unspecified atom stereocenters. The summed E-state index contributed by atoms with van der Waals surface area (Å²) in [6, 6.07) is 19.4. The van der Waals surface area contributed by atoms with Crippen LogP contribution in [0.2, 0.25) is 0 Å². The number of esters is 1. The molecule has 0 saturated heterocycles. The van der Waals surface area contributed by atoms with Crippen molar-refractivity contribution in [3.8, 4) is 0 Å². The van der Waals surface area contributed by atoms with Gasteiger partial charge in [0.2, 0.25) is 0 Å². The second kappa shape index (κ2) is 10.6. The molecule has 25 heavy (non-hydrogen) atoms. The maximum absolute atomic E-state index is 12.2. The molecule has 0 amide bonds. The van der Waals surface area contributed by atoms with Crippen molar-refractivity contribution in [2.45, 2.75) is 24.9 Å². The molecule has 5 nitrogen and oxygen atoms in total. The first kappa shape index (κ1) is 19.1. The molecule has 2 aromatic rings. The fraction of sp³-hybridized carbons (Fsp3) is 0.350. The smallest absolute Gasteiger partial charge is 0.323 e. The van der Waals surface area contributed by atoms with Gasteiger partial charge in [0.1, 0.15) is 6.04 Å². The van der Waals surface area contributed by atoms with Crippen molar-refractivity contribution in [3.05, 3.63) is 71.8 Å². The number of nitrogens with one attached hydrogen (secondary N) is 1. The lowest BCUT2D eigenvalue weighted by molar-refractivity contribution is -0.276. The molecule has 0 heterocycles. The zero-order chi connectivity index (χ0) is 17.9. The minimum Gasteiger partial charge on any atom is -0.468 e. The highest BCUT2D eigenvalue weighted by Gasteiger charge is 2.24. The van der Waals surface area contributed by atoms with Gasteiger partial charge in [-0.15, -0.1) is 0 Å². The first-order valence-electron chi connectivity index (χ1n) is 8.30. The standard InChI is InChI=1S/C20H25NO4/c1-23-20(22)19(14-17-11-7-4-8-12-17)21-18(15-25-24-2)13-16-9-5-3-6-10-16/h3-12,18-19,21H,13-15H2,1-2H3. The van der Waals surface area contributed by atoms with E-state index in [9.17, 15) is 4.79 Å². The topological polar surface area (TPSA) is 56.8 Å². The molecule has 134 valence electrons. The summed E-state index contributed by atoms with van der Waals surface area (Å²) < 4.78 is 4.97. The highest BCUT2D eigenvalue weighted by Crippen LogP contribution is 2.09. The van der Waals surface area contributed by atoms with Gasteiger partial charge in [0.25, 0.3) is 0 Å². The van der Waals surface area contributed by atoms with E-state index in [-0.39, 0.29) is 12.0 Å². The zero-order valence-corrected chi connectivity index (χ0v) is 14.7.